The molecule has 1 spiro atoms. The van der Waals surface area contributed by atoms with Gasteiger partial charge >= 0.3 is 0 Å². The van der Waals surface area contributed by atoms with Crippen molar-refractivity contribution in [2.45, 2.75) is 19.3 Å². The smallest absolute Gasteiger partial charge is 0.236 e. The van der Waals surface area contributed by atoms with Crippen molar-refractivity contribution >= 4 is 21.8 Å². The Labute approximate surface area is 153 Å². The van der Waals surface area contributed by atoms with Crippen LogP contribution in [0, 0.1) is 11.3 Å². The molecule has 5 nitrogen and oxygen atoms in total. The molecule has 0 radical (unpaired) electrons. The van der Waals surface area contributed by atoms with Crippen LogP contribution >= 0.6 is 15.9 Å². The van der Waals surface area contributed by atoms with Crippen molar-refractivity contribution in [1.82, 2.24) is 9.80 Å². The number of likely N-dealkylation sites (tertiary alicyclic amines) is 1. The summed E-state index contributed by atoms with van der Waals surface area (Å²) in [6, 6.07) is 0. The molecule has 1 amide bonds. The number of nitrogens with zero attached hydrogens (tertiary/aromatic N) is 2. The second-order valence-corrected chi connectivity index (χ2v) is 7.56. The zero-order valence-electron chi connectivity index (χ0n) is 15.2. The van der Waals surface area contributed by atoms with E-state index in [0.717, 1.165) is 55.7 Å². The molecule has 24 heavy (non-hydrogen) atoms. The van der Waals surface area contributed by atoms with Gasteiger partial charge in [-0.2, -0.15) is 0 Å². The van der Waals surface area contributed by atoms with Crippen LogP contribution in [0.3, 0.4) is 0 Å². The number of rotatable bonds is 8. The number of methoxy groups -OCH3 is 2. The normalized spacial score (nSPS) is 26.8. The van der Waals surface area contributed by atoms with Crippen LogP contribution in [0.1, 0.15) is 19.3 Å². The van der Waals surface area contributed by atoms with Gasteiger partial charge in [-0.3, -0.25) is 4.79 Å². The molecule has 0 atom stereocenters. The van der Waals surface area contributed by atoms with Gasteiger partial charge in [0.1, 0.15) is 11.5 Å². The standard InChI is InChI=1S/C18H29BrN2O3/c1-20(2)9-5-10-21-11-7-18(17(21)22)12-15(23-3)14(6-8-19)16(13-18)24-4/h12-14H,5-11H2,1-4H3. The Bertz CT molecular complexity index is 494. The van der Waals surface area contributed by atoms with Crippen molar-refractivity contribution in [3.63, 3.8) is 0 Å². The van der Waals surface area contributed by atoms with Gasteiger partial charge in [-0.25, -0.2) is 0 Å². The maximum absolute atomic E-state index is 13.0. The van der Waals surface area contributed by atoms with Crippen LogP contribution < -0.4 is 0 Å². The summed E-state index contributed by atoms with van der Waals surface area (Å²) in [5.74, 6) is 1.94. The van der Waals surface area contributed by atoms with E-state index >= 15 is 0 Å². The minimum atomic E-state index is -0.600. The van der Waals surface area contributed by atoms with Gasteiger partial charge in [-0.1, -0.05) is 15.9 Å². The summed E-state index contributed by atoms with van der Waals surface area (Å²) in [6.45, 7) is 2.58. The Morgan fingerprint density at radius 1 is 1.29 bits per heavy atom. The lowest BCUT2D eigenvalue weighted by Crippen LogP contribution is -2.36. The first-order valence-corrected chi connectivity index (χ1v) is 9.63. The second-order valence-electron chi connectivity index (χ2n) is 6.77. The molecule has 0 bridgehead atoms. The van der Waals surface area contributed by atoms with Crippen LogP contribution in [0.2, 0.25) is 0 Å². The summed E-state index contributed by atoms with van der Waals surface area (Å²) in [5, 5.41) is 0.858. The predicted molar refractivity (Wildman–Crippen MR) is 98.9 cm³/mol. The van der Waals surface area contributed by atoms with E-state index < -0.39 is 5.41 Å². The van der Waals surface area contributed by atoms with Gasteiger partial charge in [0.05, 0.1) is 25.6 Å². The molecule has 1 fully saturated rings. The Hall–Kier alpha value is -1.01. The van der Waals surface area contributed by atoms with Crippen LogP contribution in [-0.2, 0) is 14.3 Å². The van der Waals surface area contributed by atoms with Crippen molar-refractivity contribution in [2.75, 3.05) is 53.3 Å². The molecule has 6 heteroatoms. The van der Waals surface area contributed by atoms with E-state index in [2.05, 4.69) is 34.9 Å². The molecule has 2 aliphatic rings. The highest BCUT2D eigenvalue weighted by Gasteiger charge is 2.47. The average molecular weight is 401 g/mol. The number of carbonyl (C=O) groups is 1. The van der Waals surface area contributed by atoms with Crippen molar-refractivity contribution in [3.05, 3.63) is 23.7 Å². The maximum Gasteiger partial charge on any atom is 0.236 e. The summed E-state index contributed by atoms with van der Waals surface area (Å²) in [6.07, 6.45) is 6.71. The molecule has 0 aromatic rings. The second kappa shape index (κ2) is 8.39. The number of carbonyl (C=O) groups excluding carboxylic acids is 1. The number of ether oxygens (including phenoxy) is 2. The number of alkyl halides is 1. The quantitative estimate of drug-likeness (QED) is 0.587. The Kier molecular flexibility index (Phi) is 6.75. The summed E-state index contributed by atoms with van der Waals surface area (Å²) < 4.78 is 11.2. The minimum absolute atomic E-state index is 0.0839. The molecule has 1 saturated heterocycles. The van der Waals surface area contributed by atoms with Crippen LogP contribution in [0.4, 0.5) is 0 Å². The molecule has 0 saturated carbocycles. The van der Waals surface area contributed by atoms with Gasteiger partial charge in [0.2, 0.25) is 5.91 Å². The summed E-state index contributed by atoms with van der Waals surface area (Å²) in [4.78, 5) is 17.2. The van der Waals surface area contributed by atoms with E-state index in [1.54, 1.807) is 14.2 Å². The van der Waals surface area contributed by atoms with E-state index in [0.29, 0.717) is 0 Å². The molecular weight excluding hydrogens is 372 g/mol. The van der Waals surface area contributed by atoms with Crippen molar-refractivity contribution in [1.29, 1.82) is 0 Å². The highest BCUT2D eigenvalue weighted by atomic mass is 79.9. The lowest BCUT2D eigenvalue weighted by Gasteiger charge is -2.32. The zero-order chi connectivity index (χ0) is 17.7. The van der Waals surface area contributed by atoms with Gasteiger partial charge in [0.15, 0.2) is 0 Å². The molecule has 0 aromatic carbocycles. The van der Waals surface area contributed by atoms with Crippen LogP contribution in [-0.4, -0.2) is 69.0 Å². The topological polar surface area (TPSA) is 42.0 Å². The maximum atomic E-state index is 13.0. The highest BCUT2D eigenvalue weighted by molar-refractivity contribution is 9.09. The van der Waals surface area contributed by atoms with Gasteiger partial charge in [0, 0.05) is 18.4 Å². The Balaban J connectivity index is 2.18. The first kappa shape index (κ1) is 19.3. The zero-order valence-corrected chi connectivity index (χ0v) is 16.8. The average Bonchev–Trinajstić information content (AvgIpc) is 2.85. The number of hydrogen-bond donors (Lipinski definition) is 0. The van der Waals surface area contributed by atoms with E-state index in [-0.39, 0.29) is 11.8 Å². The van der Waals surface area contributed by atoms with Crippen LogP contribution in [0.25, 0.3) is 0 Å². The molecule has 0 N–H and O–H groups in total. The minimum Gasteiger partial charge on any atom is -0.501 e. The molecule has 2 rings (SSSR count). The van der Waals surface area contributed by atoms with Gasteiger partial charge < -0.3 is 19.3 Å². The number of amides is 1. The van der Waals surface area contributed by atoms with E-state index in [4.69, 9.17) is 9.47 Å². The lowest BCUT2D eigenvalue weighted by atomic mass is 9.77. The summed E-state index contributed by atoms with van der Waals surface area (Å²) in [7, 11) is 7.46. The third-order valence-electron chi connectivity index (χ3n) is 4.87. The van der Waals surface area contributed by atoms with Crippen LogP contribution in [0.5, 0.6) is 0 Å². The fourth-order valence-corrected chi connectivity index (χ4v) is 4.03. The SMILES string of the molecule is COC1=CC2(C=C(OC)C1CCBr)CCN(CCCN(C)C)C2=O. The molecule has 0 aromatic heterocycles. The molecule has 1 aliphatic heterocycles. The molecule has 136 valence electrons. The third kappa shape index (κ3) is 3.97. The molecule has 0 unspecified atom stereocenters. The largest absolute Gasteiger partial charge is 0.501 e. The van der Waals surface area contributed by atoms with E-state index in [1.165, 1.54) is 0 Å². The Morgan fingerprint density at radius 2 is 1.92 bits per heavy atom. The first-order valence-electron chi connectivity index (χ1n) is 8.51. The molecule has 1 heterocycles. The lowest BCUT2D eigenvalue weighted by molar-refractivity contribution is -0.132. The first-order chi connectivity index (χ1) is 11.5. The number of halogens is 1. The van der Waals surface area contributed by atoms with Crippen molar-refractivity contribution in [3.8, 4) is 0 Å². The fourth-order valence-electron chi connectivity index (χ4n) is 3.57. The van der Waals surface area contributed by atoms with Crippen molar-refractivity contribution < 1.29 is 14.3 Å². The van der Waals surface area contributed by atoms with Gasteiger partial charge in [0.25, 0.3) is 0 Å². The monoisotopic (exact) mass is 400 g/mol. The summed E-state index contributed by atoms with van der Waals surface area (Å²) >= 11 is 3.49. The van der Waals surface area contributed by atoms with E-state index in [1.807, 2.05) is 17.1 Å². The Morgan fingerprint density at radius 3 is 2.42 bits per heavy atom. The van der Waals surface area contributed by atoms with Crippen molar-refractivity contribution in [2.24, 2.45) is 11.3 Å². The van der Waals surface area contributed by atoms with Gasteiger partial charge in [-0.15, -0.1) is 0 Å². The summed E-state index contributed by atoms with van der Waals surface area (Å²) in [5.41, 5.74) is -0.600. The van der Waals surface area contributed by atoms with Crippen LogP contribution in [0.15, 0.2) is 23.7 Å². The number of hydrogen-bond acceptors (Lipinski definition) is 4. The van der Waals surface area contributed by atoms with Gasteiger partial charge in [-0.05, 0) is 52.1 Å². The fraction of sp³-hybridized carbons (Fsp3) is 0.722. The highest BCUT2D eigenvalue weighted by Crippen LogP contribution is 2.44. The third-order valence-corrected chi connectivity index (χ3v) is 5.33. The molecule has 1 aliphatic carbocycles. The van der Waals surface area contributed by atoms with E-state index in [9.17, 15) is 4.79 Å². The molecular formula is C18H29BrN2O3. The predicted octanol–water partition coefficient (Wildman–Crippen LogP) is 2.63.